The summed E-state index contributed by atoms with van der Waals surface area (Å²) >= 11 is 0. The quantitative estimate of drug-likeness (QED) is 0.223. The molecule has 0 unspecified atom stereocenters. The molecule has 0 saturated carbocycles. The lowest BCUT2D eigenvalue weighted by Crippen LogP contribution is -2.50. The molecular weight excluding hydrogens is 573 g/mol. The van der Waals surface area contributed by atoms with Crippen molar-refractivity contribution in [1.82, 2.24) is 19.5 Å². The molecule has 3 heterocycles. The van der Waals surface area contributed by atoms with Gasteiger partial charge in [0.25, 0.3) is 0 Å². The number of amides is 2. The van der Waals surface area contributed by atoms with E-state index in [1.54, 1.807) is 18.3 Å². The molecule has 226 valence electrons. The Morgan fingerprint density at radius 1 is 0.933 bits per heavy atom. The Morgan fingerprint density at radius 3 is 2.40 bits per heavy atom. The van der Waals surface area contributed by atoms with Crippen molar-refractivity contribution in [3.8, 4) is 22.3 Å². The van der Waals surface area contributed by atoms with Gasteiger partial charge in [-0.15, -0.1) is 5.10 Å². The lowest BCUT2D eigenvalue weighted by atomic mass is 9.98. The van der Waals surface area contributed by atoms with E-state index in [4.69, 9.17) is 4.74 Å². The van der Waals surface area contributed by atoms with E-state index in [9.17, 15) is 18.8 Å². The number of pyridine rings is 1. The van der Waals surface area contributed by atoms with Crippen molar-refractivity contribution in [3.63, 3.8) is 0 Å². The minimum Gasteiger partial charge on any atom is -0.448 e. The van der Waals surface area contributed by atoms with Gasteiger partial charge in [0, 0.05) is 35.3 Å². The molecule has 9 nitrogen and oxygen atoms in total. The minimum absolute atomic E-state index is 0.0631. The van der Waals surface area contributed by atoms with Crippen molar-refractivity contribution in [2.45, 2.75) is 38.1 Å². The molecule has 2 aliphatic rings. The number of ketones is 1. The average Bonchev–Trinajstić information content (AvgIpc) is 3.61. The fraction of sp³-hybridized carbons (Fsp3) is 0.229. The van der Waals surface area contributed by atoms with E-state index in [-0.39, 0.29) is 29.8 Å². The monoisotopic (exact) mass is 603 g/mol. The average molecular weight is 604 g/mol. The molecule has 1 aliphatic heterocycles. The second-order valence-corrected chi connectivity index (χ2v) is 11.4. The van der Waals surface area contributed by atoms with E-state index in [0.717, 1.165) is 35.1 Å². The number of nitrogens with zero attached hydrogens (tertiary/aromatic N) is 4. The maximum absolute atomic E-state index is 14.6. The number of piperidine rings is 1. The van der Waals surface area contributed by atoms with Crippen LogP contribution in [0.5, 0.6) is 0 Å². The fourth-order valence-electron chi connectivity index (χ4n) is 6.35. The van der Waals surface area contributed by atoms with Gasteiger partial charge in [0.1, 0.15) is 18.5 Å². The van der Waals surface area contributed by atoms with Gasteiger partial charge in [-0.25, -0.2) is 13.7 Å². The van der Waals surface area contributed by atoms with E-state index >= 15 is 0 Å². The van der Waals surface area contributed by atoms with Crippen molar-refractivity contribution in [3.05, 3.63) is 108 Å². The van der Waals surface area contributed by atoms with Crippen LogP contribution in [0.3, 0.4) is 0 Å². The summed E-state index contributed by atoms with van der Waals surface area (Å²) < 4.78 is 21.9. The van der Waals surface area contributed by atoms with Crippen molar-refractivity contribution in [1.29, 1.82) is 0 Å². The summed E-state index contributed by atoms with van der Waals surface area (Å²) in [7, 11) is 0. The maximum Gasteiger partial charge on any atom is 0.410 e. The molecule has 1 N–H and O–H groups in total. The van der Waals surface area contributed by atoms with E-state index < -0.39 is 23.9 Å². The van der Waals surface area contributed by atoms with Gasteiger partial charge in [-0.2, -0.15) is 4.98 Å². The summed E-state index contributed by atoms with van der Waals surface area (Å²) in [6.45, 7) is 2.00. The molecule has 1 fully saturated rings. The number of fused-ring (bicyclic) bond motifs is 4. The smallest absolute Gasteiger partial charge is 0.410 e. The number of carbonyl (C=O) groups excluding carboxylic acids is 3. The topological polar surface area (TPSA) is 106 Å². The van der Waals surface area contributed by atoms with Gasteiger partial charge in [0.2, 0.25) is 11.9 Å². The molecule has 1 atom stereocenters. The first kappa shape index (κ1) is 28.4. The summed E-state index contributed by atoms with van der Waals surface area (Å²) in [5, 5.41) is 7.13. The fourth-order valence-corrected chi connectivity index (χ4v) is 6.35. The molecule has 0 radical (unpaired) electrons. The Hall–Kier alpha value is -5.38. The number of hydrogen-bond acceptors (Lipinski definition) is 6. The van der Waals surface area contributed by atoms with Crippen molar-refractivity contribution < 1.29 is 23.5 Å². The Labute approximate surface area is 258 Å². The number of halogens is 1. The molecule has 2 aromatic heterocycles. The molecule has 5 aromatic rings. The van der Waals surface area contributed by atoms with Gasteiger partial charge in [-0.05, 0) is 78.8 Å². The standard InChI is InChI=1S/C35H30FN5O4/c1-21(42)22-13-15-30(36)28(18-22)23-14-16-32-37-34(39-41(32)19-23)38-33(43)31-12-6-7-17-40(31)35(44)45-20-29-26-10-4-2-8-24(26)25-9-3-5-11-27(25)29/h2-5,8-11,13-16,18-19,29,31H,6-7,12,17,20H2,1H3,(H,38,39,43)/t31-/m1/s1. The highest BCUT2D eigenvalue weighted by Gasteiger charge is 2.35. The van der Waals surface area contributed by atoms with Crippen LogP contribution in [0.15, 0.2) is 85.1 Å². The second-order valence-electron chi connectivity index (χ2n) is 11.4. The lowest BCUT2D eigenvalue weighted by molar-refractivity contribution is -0.122. The second kappa shape index (κ2) is 11.6. The third-order valence-electron chi connectivity index (χ3n) is 8.63. The zero-order valence-electron chi connectivity index (χ0n) is 24.6. The van der Waals surface area contributed by atoms with Crippen molar-refractivity contribution >= 4 is 29.4 Å². The molecular formula is C35H30FN5O4. The number of hydrogen-bond donors (Lipinski definition) is 1. The molecule has 7 rings (SSSR count). The number of Topliss-reactive ketones (excluding diaryl/α,β-unsaturated/α-hetero) is 1. The van der Waals surface area contributed by atoms with Gasteiger partial charge >= 0.3 is 6.09 Å². The zero-order valence-corrected chi connectivity index (χ0v) is 24.6. The third kappa shape index (κ3) is 5.32. The van der Waals surface area contributed by atoms with Gasteiger partial charge in [0.05, 0.1) is 0 Å². The number of likely N-dealkylation sites (tertiary alicyclic amines) is 1. The Balaban J connectivity index is 1.06. The molecule has 2 amide bonds. The first-order valence-corrected chi connectivity index (χ1v) is 15.0. The van der Waals surface area contributed by atoms with Crippen LogP contribution in [0.4, 0.5) is 15.1 Å². The largest absolute Gasteiger partial charge is 0.448 e. The highest BCUT2D eigenvalue weighted by molar-refractivity contribution is 5.96. The van der Waals surface area contributed by atoms with Crippen LogP contribution in [0, 0.1) is 5.82 Å². The van der Waals surface area contributed by atoms with Crippen LogP contribution in [-0.2, 0) is 9.53 Å². The zero-order chi connectivity index (χ0) is 31.1. The minimum atomic E-state index is -0.736. The highest BCUT2D eigenvalue weighted by atomic mass is 19.1. The predicted molar refractivity (Wildman–Crippen MR) is 166 cm³/mol. The Bertz CT molecular complexity index is 1930. The molecule has 1 aliphatic carbocycles. The summed E-state index contributed by atoms with van der Waals surface area (Å²) in [6, 6.07) is 23.1. The molecule has 45 heavy (non-hydrogen) atoms. The summed E-state index contributed by atoms with van der Waals surface area (Å²) in [6.07, 6.45) is 3.10. The van der Waals surface area contributed by atoms with Crippen LogP contribution in [0.2, 0.25) is 0 Å². The molecule has 0 bridgehead atoms. The van der Waals surface area contributed by atoms with E-state index in [0.29, 0.717) is 29.7 Å². The van der Waals surface area contributed by atoms with Crippen LogP contribution < -0.4 is 5.32 Å². The molecule has 0 spiro atoms. The van der Waals surface area contributed by atoms with Crippen LogP contribution >= 0.6 is 0 Å². The van der Waals surface area contributed by atoms with Gasteiger partial charge in [-0.1, -0.05) is 48.5 Å². The van der Waals surface area contributed by atoms with Crippen molar-refractivity contribution in [2.24, 2.45) is 0 Å². The van der Waals surface area contributed by atoms with E-state index in [2.05, 4.69) is 39.7 Å². The molecule has 10 heteroatoms. The third-order valence-corrected chi connectivity index (χ3v) is 8.63. The Morgan fingerprint density at radius 2 is 1.67 bits per heavy atom. The molecule has 3 aromatic carbocycles. The SMILES string of the molecule is CC(=O)c1ccc(F)c(-c2ccc3nc(NC(=O)[C@H]4CCCCN4C(=O)OCC4c5ccccc5-c5ccccc54)nn3c2)c1. The Kier molecular flexibility index (Phi) is 7.32. The van der Waals surface area contributed by atoms with E-state index in [1.807, 2.05) is 24.3 Å². The van der Waals surface area contributed by atoms with Gasteiger partial charge in [0.15, 0.2) is 11.4 Å². The predicted octanol–water partition coefficient (Wildman–Crippen LogP) is 6.48. The highest BCUT2D eigenvalue weighted by Crippen LogP contribution is 2.44. The van der Waals surface area contributed by atoms with Crippen LogP contribution in [0.25, 0.3) is 27.9 Å². The van der Waals surface area contributed by atoms with Crippen molar-refractivity contribution in [2.75, 3.05) is 18.5 Å². The number of aromatic nitrogens is 3. The number of nitrogens with one attached hydrogen (secondary N) is 1. The number of anilines is 1. The lowest BCUT2D eigenvalue weighted by Gasteiger charge is -2.33. The number of ether oxygens (including phenoxy) is 1. The summed E-state index contributed by atoms with van der Waals surface area (Å²) in [5.74, 6) is -1.06. The first-order chi connectivity index (χ1) is 21.9. The number of rotatable bonds is 6. The van der Waals surface area contributed by atoms with Gasteiger partial charge in [-0.3, -0.25) is 19.8 Å². The first-order valence-electron chi connectivity index (χ1n) is 15.0. The van der Waals surface area contributed by atoms with Crippen LogP contribution in [-0.4, -0.2) is 56.5 Å². The summed E-state index contributed by atoms with van der Waals surface area (Å²) in [5.41, 5.74) is 6.12. The van der Waals surface area contributed by atoms with Gasteiger partial charge < -0.3 is 4.74 Å². The number of carbonyl (C=O) groups is 3. The maximum atomic E-state index is 14.6. The normalized spacial score (nSPS) is 15.9. The van der Waals surface area contributed by atoms with Crippen LogP contribution in [0.1, 0.15) is 53.6 Å². The number of benzene rings is 3. The molecule has 1 saturated heterocycles. The van der Waals surface area contributed by atoms with E-state index in [1.165, 1.54) is 34.5 Å². The summed E-state index contributed by atoms with van der Waals surface area (Å²) in [4.78, 5) is 44.5.